The van der Waals surface area contributed by atoms with Crippen LogP contribution >= 0.6 is 0 Å². The highest BCUT2D eigenvalue weighted by Gasteiger charge is 2.41. The zero-order valence-electron chi connectivity index (χ0n) is 19.7. The summed E-state index contributed by atoms with van der Waals surface area (Å²) in [6.45, 7) is 2.07. The molecule has 1 aliphatic carbocycles. The Morgan fingerprint density at radius 3 is 2.74 bits per heavy atom. The van der Waals surface area contributed by atoms with Gasteiger partial charge in [-0.25, -0.2) is 4.39 Å². The summed E-state index contributed by atoms with van der Waals surface area (Å²) in [6, 6.07) is 4.91. The average molecular weight is 470 g/mol. The van der Waals surface area contributed by atoms with Gasteiger partial charge in [-0.2, -0.15) is 0 Å². The Morgan fingerprint density at radius 1 is 1.18 bits per heavy atom. The van der Waals surface area contributed by atoms with Gasteiger partial charge in [0.05, 0.1) is 13.5 Å². The van der Waals surface area contributed by atoms with E-state index in [1.54, 1.807) is 12.1 Å². The maximum Gasteiger partial charge on any atom is 0.289 e. The summed E-state index contributed by atoms with van der Waals surface area (Å²) >= 11 is 0. The number of aromatic nitrogens is 3. The molecule has 5 rings (SSSR count). The molecule has 8 nitrogen and oxygen atoms in total. The second-order valence-corrected chi connectivity index (χ2v) is 10.0. The second-order valence-electron chi connectivity index (χ2n) is 10.0. The number of halogens is 1. The van der Waals surface area contributed by atoms with Crippen LogP contribution in [-0.4, -0.2) is 57.7 Å². The molecule has 2 amide bonds. The van der Waals surface area contributed by atoms with Gasteiger partial charge in [-0.3, -0.25) is 9.59 Å². The summed E-state index contributed by atoms with van der Waals surface area (Å²) in [5.74, 6) is 0.875. The molecule has 3 heterocycles. The van der Waals surface area contributed by atoms with Gasteiger partial charge in [0.15, 0.2) is 11.6 Å². The summed E-state index contributed by atoms with van der Waals surface area (Å²) in [4.78, 5) is 27.7. The lowest BCUT2D eigenvalue weighted by atomic mass is 9.80. The molecule has 1 saturated carbocycles. The molecule has 34 heavy (non-hydrogen) atoms. The molecule has 1 N–H and O–H groups in total. The van der Waals surface area contributed by atoms with Crippen molar-refractivity contribution in [3.8, 4) is 5.75 Å². The topological polar surface area (TPSA) is 89.3 Å². The van der Waals surface area contributed by atoms with E-state index in [0.717, 1.165) is 57.2 Å². The third kappa shape index (κ3) is 4.52. The number of amides is 2. The number of methoxy groups -OCH3 is 1. The molecule has 1 aromatic heterocycles. The Balaban J connectivity index is 1.21. The normalized spacial score (nSPS) is 22.6. The van der Waals surface area contributed by atoms with Crippen molar-refractivity contribution in [2.75, 3.05) is 20.2 Å². The fourth-order valence-corrected chi connectivity index (χ4v) is 5.76. The van der Waals surface area contributed by atoms with Crippen molar-refractivity contribution in [3.05, 3.63) is 41.2 Å². The average Bonchev–Trinajstić information content (AvgIpc) is 3.55. The molecule has 1 unspecified atom stereocenters. The van der Waals surface area contributed by atoms with E-state index in [0.29, 0.717) is 31.0 Å². The van der Waals surface area contributed by atoms with Crippen LogP contribution in [0.2, 0.25) is 0 Å². The smallest absolute Gasteiger partial charge is 0.289 e. The number of rotatable bonds is 5. The van der Waals surface area contributed by atoms with E-state index in [4.69, 9.17) is 4.74 Å². The quantitative estimate of drug-likeness (QED) is 0.727. The van der Waals surface area contributed by atoms with Crippen LogP contribution in [-0.2, 0) is 24.2 Å². The predicted molar refractivity (Wildman–Crippen MR) is 123 cm³/mol. The van der Waals surface area contributed by atoms with Crippen molar-refractivity contribution in [1.29, 1.82) is 0 Å². The number of carbonyl (C=O) groups excluding carboxylic acids is 2. The summed E-state index contributed by atoms with van der Waals surface area (Å²) in [5.41, 5.74) is 0.662. The molecule has 2 aliphatic heterocycles. The van der Waals surface area contributed by atoms with Crippen LogP contribution in [0.15, 0.2) is 18.2 Å². The number of nitrogens with one attached hydrogen (secondary N) is 1. The molecule has 3 aliphatic rings. The van der Waals surface area contributed by atoms with E-state index >= 15 is 0 Å². The van der Waals surface area contributed by atoms with Crippen molar-refractivity contribution in [1.82, 2.24) is 25.0 Å². The number of benzene rings is 1. The zero-order valence-corrected chi connectivity index (χ0v) is 19.7. The van der Waals surface area contributed by atoms with Crippen LogP contribution < -0.4 is 10.1 Å². The largest absolute Gasteiger partial charge is 0.494 e. The van der Waals surface area contributed by atoms with Gasteiger partial charge in [-0.1, -0.05) is 18.9 Å². The molecule has 2 aromatic rings. The van der Waals surface area contributed by atoms with E-state index < -0.39 is 5.82 Å². The maximum absolute atomic E-state index is 14.0. The summed E-state index contributed by atoms with van der Waals surface area (Å²) in [7, 11) is 1.42. The number of hydrogen-bond donors (Lipinski definition) is 1. The molecule has 1 aromatic carbocycles. The molecular formula is C25H32FN5O3. The zero-order chi connectivity index (χ0) is 23.7. The Bertz CT molecular complexity index is 1080. The molecule has 0 bridgehead atoms. The Morgan fingerprint density at radius 2 is 1.97 bits per heavy atom. The molecule has 182 valence electrons. The lowest BCUT2D eigenvalue weighted by Crippen LogP contribution is -2.35. The second kappa shape index (κ2) is 9.35. The number of carbonyl (C=O) groups is 2. The number of likely N-dealkylation sites (tertiary alicyclic amines) is 1. The van der Waals surface area contributed by atoms with Crippen molar-refractivity contribution in [2.45, 2.75) is 70.4 Å². The van der Waals surface area contributed by atoms with Crippen LogP contribution in [0.25, 0.3) is 0 Å². The Kier molecular flexibility index (Phi) is 6.27. The Labute approximate surface area is 198 Å². The molecule has 1 saturated heterocycles. The Hall–Kier alpha value is -2.97. The lowest BCUT2D eigenvalue weighted by Gasteiger charge is -2.27. The fourth-order valence-electron chi connectivity index (χ4n) is 5.76. The first-order valence-corrected chi connectivity index (χ1v) is 12.3. The maximum atomic E-state index is 14.0. The van der Waals surface area contributed by atoms with E-state index in [2.05, 4.69) is 15.5 Å². The number of fused-ring (bicyclic) bond motifs is 1. The van der Waals surface area contributed by atoms with Gasteiger partial charge in [0.25, 0.3) is 5.91 Å². The van der Waals surface area contributed by atoms with Gasteiger partial charge in [0.2, 0.25) is 11.7 Å². The van der Waals surface area contributed by atoms with Gasteiger partial charge < -0.3 is 19.5 Å². The minimum absolute atomic E-state index is 0.0146. The number of aryl methyl sites for hydroxylation is 1. The third-order valence-electron chi connectivity index (χ3n) is 7.83. The van der Waals surface area contributed by atoms with Crippen LogP contribution in [0, 0.1) is 11.2 Å². The van der Waals surface area contributed by atoms with Crippen LogP contribution in [0.5, 0.6) is 5.75 Å². The first kappa shape index (κ1) is 22.8. The molecule has 0 radical (unpaired) electrons. The highest BCUT2D eigenvalue weighted by Crippen LogP contribution is 2.41. The van der Waals surface area contributed by atoms with Crippen LogP contribution in [0.4, 0.5) is 4.39 Å². The van der Waals surface area contributed by atoms with E-state index in [-0.39, 0.29) is 35.4 Å². The summed E-state index contributed by atoms with van der Waals surface area (Å²) < 4.78 is 21.0. The van der Waals surface area contributed by atoms with Crippen molar-refractivity contribution < 1.29 is 18.7 Å². The third-order valence-corrected chi connectivity index (χ3v) is 7.83. The van der Waals surface area contributed by atoms with Gasteiger partial charge >= 0.3 is 0 Å². The van der Waals surface area contributed by atoms with Gasteiger partial charge in [0.1, 0.15) is 5.82 Å². The van der Waals surface area contributed by atoms with Gasteiger partial charge in [0, 0.05) is 32.1 Å². The minimum Gasteiger partial charge on any atom is -0.494 e. The van der Waals surface area contributed by atoms with Crippen molar-refractivity contribution >= 4 is 11.8 Å². The first-order valence-electron chi connectivity index (χ1n) is 12.3. The molecule has 1 atom stereocenters. The van der Waals surface area contributed by atoms with Crippen LogP contribution in [0.3, 0.4) is 0 Å². The van der Waals surface area contributed by atoms with E-state index in [9.17, 15) is 14.0 Å². The first-order chi connectivity index (χ1) is 16.5. The molecule has 9 heteroatoms. The standard InChI is InChI=1S/C25H32FN5O3/c1-34-20-7-6-17(14-19(20)26)15-22(32)30-12-10-25(16-30)9-8-21-28-29-23(31(21)13-11-25)24(33)27-18-4-2-3-5-18/h6-7,14,18H,2-5,8-13,15-16H2,1H3,(H,27,33). The molecule has 1 spiro atoms. The van der Waals surface area contributed by atoms with Crippen molar-refractivity contribution in [3.63, 3.8) is 0 Å². The number of hydrogen-bond acceptors (Lipinski definition) is 5. The van der Waals surface area contributed by atoms with E-state index in [1.165, 1.54) is 13.2 Å². The minimum atomic E-state index is -0.453. The molecule has 2 fully saturated rings. The highest BCUT2D eigenvalue weighted by molar-refractivity contribution is 5.91. The number of ether oxygens (including phenoxy) is 1. The predicted octanol–water partition coefficient (Wildman–Crippen LogP) is 2.90. The van der Waals surface area contributed by atoms with Gasteiger partial charge in [-0.05, 0) is 55.2 Å². The SMILES string of the molecule is COc1ccc(CC(=O)N2CCC3(CCc4nnc(C(=O)NC5CCCC5)n4CC3)C2)cc1F. The van der Waals surface area contributed by atoms with Gasteiger partial charge in [-0.15, -0.1) is 10.2 Å². The fraction of sp³-hybridized carbons (Fsp3) is 0.600. The molecular weight excluding hydrogens is 437 g/mol. The van der Waals surface area contributed by atoms with Crippen LogP contribution in [0.1, 0.15) is 67.0 Å². The number of nitrogens with zero attached hydrogens (tertiary/aromatic N) is 4. The van der Waals surface area contributed by atoms with Crippen molar-refractivity contribution in [2.24, 2.45) is 5.41 Å². The summed E-state index contributed by atoms with van der Waals surface area (Å²) in [5, 5.41) is 11.6. The van der Waals surface area contributed by atoms with E-state index in [1.807, 2.05) is 9.47 Å². The highest BCUT2D eigenvalue weighted by atomic mass is 19.1. The monoisotopic (exact) mass is 469 g/mol. The summed E-state index contributed by atoms with van der Waals surface area (Å²) in [6.07, 6.45) is 8.02. The lowest BCUT2D eigenvalue weighted by molar-refractivity contribution is -0.129.